The van der Waals surface area contributed by atoms with E-state index in [0.29, 0.717) is 26.0 Å². The van der Waals surface area contributed by atoms with Gasteiger partial charge in [-0.2, -0.15) is 0 Å². The molecule has 0 spiro atoms. The lowest BCUT2D eigenvalue weighted by Gasteiger charge is -2.33. The Hall–Kier alpha value is -2.72. The maximum atomic E-state index is 15.1. The van der Waals surface area contributed by atoms with Crippen LogP contribution in [0.4, 0.5) is 20.7 Å². The Morgan fingerprint density at radius 2 is 2.39 bits per heavy atom. The number of nitrogens with one attached hydrogen (secondary N) is 1. The maximum absolute atomic E-state index is 15.1. The summed E-state index contributed by atoms with van der Waals surface area (Å²) in [5.74, 6) is -0.780. The Morgan fingerprint density at radius 1 is 1.61 bits per heavy atom. The molecule has 28 heavy (non-hydrogen) atoms. The number of hydrogen-bond donors (Lipinski definition) is 2. The van der Waals surface area contributed by atoms with Gasteiger partial charge in [0.05, 0.1) is 36.5 Å². The van der Waals surface area contributed by atoms with Gasteiger partial charge in [0.2, 0.25) is 5.58 Å². The third-order valence-corrected chi connectivity index (χ3v) is 4.38. The average Bonchev–Trinajstić information content (AvgIpc) is 3.04. The summed E-state index contributed by atoms with van der Waals surface area (Å²) in [6, 6.07) is 1.42. The van der Waals surface area contributed by atoms with E-state index >= 15 is 4.39 Å². The molecule has 0 bridgehead atoms. The largest absolute Gasteiger partial charge is 0.449 e. The molecule has 2 heterocycles. The monoisotopic (exact) mass is 395 g/mol. The number of aldehydes is 1. The molecule has 1 amide bonds. The van der Waals surface area contributed by atoms with E-state index in [0.717, 1.165) is 0 Å². The van der Waals surface area contributed by atoms with Crippen LogP contribution in [0, 0.1) is 5.82 Å². The van der Waals surface area contributed by atoms with Crippen molar-refractivity contribution in [2.75, 3.05) is 36.5 Å². The van der Waals surface area contributed by atoms with Gasteiger partial charge in [-0.15, -0.1) is 0 Å². The number of anilines is 2. The van der Waals surface area contributed by atoms with Crippen LogP contribution in [0.2, 0.25) is 0 Å². The molecule has 1 saturated heterocycles. The standard InChI is InChI=1S/C18H22FN3O6/c1-10(24)3-5-27-18(25)20-17-13-7-12(9-23)15(14(19)16(13)28-21-17)22-4-6-26-11(2)8-22/h7,9-11,24H,3-6,8H2,1-2H3,(H,20,21,25)/t10-,11?/m1/s1. The summed E-state index contributed by atoms with van der Waals surface area (Å²) in [6.07, 6.45) is -0.707. The van der Waals surface area contributed by atoms with E-state index in [1.807, 2.05) is 6.92 Å². The molecule has 10 heteroatoms. The predicted molar refractivity (Wildman–Crippen MR) is 98.3 cm³/mol. The molecule has 1 aromatic carbocycles. The molecule has 0 aliphatic carbocycles. The summed E-state index contributed by atoms with van der Waals surface area (Å²) in [5, 5.41) is 15.4. The number of carbonyl (C=O) groups is 2. The second-order valence-corrected chi connectivity index (χ2v) is 6.68. The molecule has 1 fully saturated rings. The van der Waals surface area contributed by atoms with Crippen LogP contribution in [0.25, 0.3) is 11.0 Å². The van der Waals surface area contributed by atoms with Crippen LogP contribution in [0.5, 0.6) is 0 Å². The van der Waals surface area contributed by atoms with Gasteiger partial charge in [0.15, 0.2) is 17.9 Å². The summed E-state index contributed by atoms with van der Waals surface area (Å²) in [5.41, 5.74) is 0.0757. The van der Waals surface area contributed by atoms with Gasteiger partial charge in [0.25, 0.3) is 0 Å². The first-order valence-electron chi connectivity index (χ1n) is 8.96. The van der Waals surface area contributed by atoms with Gasteiger partial charge in [0, 0.05) is 25.1 Å². The highest BCUT2D eigenvalue weighted by atomic mass is 19.1. The zero-order valence-electron chi connectivity index (χ0n) is 15.6. The van der Waals surface area contributed by atoms with Crippen molar-refractivity contribution in [1.29, 1.82) is 0 Å². The number of aromatic nitrogens is 1. The second-order valence-electron chi connectivity index (χ2n) is 6.68. The number of halogens is 1. The molecule has 2 atom stereocenters. The smallest absolute Gasteiger partial charge is 0.412 e. The maximum Gasteiger partial charge on any atom is 0.412 e. The topological polar surface area (TPSA) is 114 Å². The van der Waals surface area contributed by atoms with E-state index in [4.69, 9.17) is 14.0 Å². The average molecular weight is 395 g/mol. The SMILES string of the molecule is CC1CN(c2c(C=O)cc3c(NC(=O)OCC[C@@H](C)O)noc3c2F)CCO1. The highest BCUT2D eigenvalue weighted by Crippen LogP contribution is 2.35. The molecule has 0 saturated carbocycles. The first-order chi connectivity index (χ1) is 13.4. The van der Waals surface area contributed by atoms with Gasteiger partial charge in [-0.05, 0) is 19.9 Å². The fourth-order valence-electron chi connectivity index (χ4n) is 3.03. The molecule has 2 aromatic rings. The lowest BCUT2D eigenvalue weighted by atomic mass is 10.1. The van der Waals surface area contributed by atoms with Crippen LogP contribution in [0.1, 0.15) is 30.6 Å². The molecule has 1 aliphatic heterocycles. The molecule has 152 valence electrons. The molecule has 0 radical (unpaired) electrons. The third-order valence-electron chi connectivity index (χ3n) is 4.38. The van der Waals surface area contributed by atoms with Crippen molar-refractivity contribution < 1.29 is 33.1 Å². The second kappa shape index (κ2) is 8.53. The van der Waals surface area contributed by atoms with Crippen LogP contribution in [0.15, 0.2) is 10.6 Å². The highest BCUT2D eigenvalue weighted by Gasteiger charge is 2.27. The summed E-state index contributed by atoms with van der Waals surface area (Å²) in [4.78, 5) is 25.2. The highest BCUT2D eigenvalue weighted by molar-refractivity contribution is 6.02. The molecular formula is C18H22FN3O6. The minimum absolute atomic E-state index is 0.00654. The van der Waals surface area contributed by atoms with Gasteiger partial charge < -0.3 is 24.0 Å². The number of rotatable bonds is 6. The van der Waals surface area contributed by atoms with E-state index < -0.39 is 18.0 Å². The van der Waals surface area contributed by atoms with Crippen molar-refractivity contribution in [1.82, 2.24) is 5.16 Å². The number of nitrogens with zero attached hydrogens (tertiary/aromatic N) is 2. The normalized spacial score (nSPS) is 18.1. The minimum atomic E-state index is -0.824. The number of benzene rings is 1. The summed E-state index contributed by atoms with van der Waals surface area (Å²) < 4.78 is 30.6. The van der Waals surface area contributed by atoms with E-state index in [1.165, 1.54) is 6.07 Å². The lowest BCUT2D eigenvalue weighted by Crippen LogP contribution is -2.42. The number of aliphatic hydroxyl groups is 1. The van der Waals surface area contributed by atoms with Crippen LogP contribution in [0.3, 0.4) is 0 Å². The summed E-state index contributed by atoms with van der Waals surface area (Å²) in [7, 11) is 0. The van der Waals surface area contributed by atoms with Crippen LogP contribution < -0.4 is 10.2 Å². The first kappa shape index (κ1) is 20.0. The van der Waals surface area contributed by atoms with E-state index in [1.54, 1.807) is 11.8 Å². The number of carbonyl (C=O) groups excluding carboxylic acids is 2. The van der Waals surface area contributed by atoms with Crippen molar-refractivity contribution >= 4 is 34.9 Å². The van der Waals surface area contributed by atoms with Gasteiger partial charge in [-0.1, -0.05) is 5.16 Å². The number of morpholine rings is 1. The fourth-order valence-corrected chi connectivity index (χ4v) is 3.03. The lowest BCUT2D eigenvalue weighted by molar-refractivity contribution is 0.0529. The van der Waals surface area contributed by atoms with Crippen molar-refractivity contribution in [3.8, 4) is 0 Å². The van der Waals surface area contributed by atoms with Gasteiger partial charge >= 0.3 is 6.09 Å². The fraction of sp³-hybridized carbons (Fsp3) is 0.500. The quantitative estimate of drug-likeness (QED) is 0.717. The number of aliphatic hydroxyl groups excluding tert-OH is 1. The zero-order valence-corrected chi connectivity index (χ0v) is 15.6. The van der Waals surface area contributed by atoms with Crippen molar-refractivity contribution in [3.63, 3.8) is 0 Å². The van der Waals surface area contributed by atoms with Gasteiger partial charge in [-0.3, -0.25) is 10.1 Å². The molecule has 1 aliphatic rings. The Balaban J connectivity index is 1.87. The Labute approximate surface area is 160 Å². The molecular weight excluding hydrogens is 373 g/mol. The number of ether oxygens (including phenoxy) is 2. The Morgan fingerprint density at radius 3 is 3.07 bits per heavy atom. The number of fused-ring (bicyclic) bond motifs is 1. The van der Waals surface area contributed by atoms with Crippen LogP contribution >= 0.6 is 0 Å². The molecule has 1 unspecified atom stereocenters. The molecule has 2 N–H and O–H groups in total. The predicted octanol–water partition coefficient (Wildman–Crippen LogP) is 2.32. The van der Waals surface area contributed by atoms with Crippen LogP contribution in [-0.4, -0.2) is 61.2 Å². The van der Waals surface area contributed by atoms with E-state index in [-0.39, 0.29) is 47.2 Å². The van der Waals surface area contributed by atoms with Crippen molar-refractivity contribution in [3.05, 3.63) is 17.4 Å². The van der Waals surface area contributed by atoms with Crippen LogP contribution in [-0.2, 0) is 9.47 Å². The number of hydrogen-bond acceptors (Lipinski definition) is 8. The Kier molecular flexibility index (Phi) is 6.10. The third kappa shape index (κ3) is 4.23. The van der Waals surface area contributed by atoms with Crippen molar-refractivity contribution in [2.45, 2.75) is 32.5 Å². The summed E-state index contributed by atoms with van der Waals surface area (Å²) >= 11 is 0. The Bertz CT molecular complexity index is 869. The van der Waals surface area contributed by atoms with Crippen molar-refractivity contribution in [2.24, 2.45) is 0 Å². The van der Waals surface area contributed by atoms with E-state index in [9.17, 15) is 14.7 Å². The number of amides is 1. The molecule has 1 aromatic heterocycles. The minimum Gasteiger partial charge on any atom is -0.449 e. The van der Waals surface area contributed by atoms with Gasteiger partial charge in [0.1, 0.15) is 0 Å². The summed E-state index contributed by atoms with van der Waals surface area (Å²) in [6.45, 7) is 4.72. The zero-order chi connectivity index (χ0) is 20.3. The van der Waals surface area contributed by atoms with E-state index in [2.05, 4.69) is 10.5 Å². The molecule has 3 rings (SSSR count). The first-order valence-corrected chi connectivity index (χ1v) is 8.96. The van der Waals surface area contributed by atoms with Gasteiger partial charge in [-0.25, -0.2) is 9.18 Å². The molecule has 9 nitrogen and oxygen atoms in total.